The van der Waals surface area contributed by atoms with Gasteiger partial charge in [0.1, 0.15) is 11.9 Å². The molecule has 0 fully saturated rings. The van der Waals surface area contributed by atoms with E-state index in [4.69, 9.17) is 9.47 Å². The fourth-order valence-corrected chi connectivity index (χ4v) is 2.68. The molecule has 0 aromatic heterocycles. The first-order valence-electron chi connectivity index (χ1n) is 7.18. The quantitative estimate of drug-likeness (QED) is 0.806. The van der Waals surface area contributed by atoms with Gasteiger partial charge in [-0.15, -0.1) is 0 Å². The smallest absolute Gasteiger partial charge is 0.338 e. The van der Waals surface area contributed by atoms with Crippen LogP contribution in [0.3, 0.4) is 0 Å². The molecule has 1 aliphatic rings. The van der Waals surface area contributed by atoms with Crippen LogP contribution in [0.15, 0.2) is 48.5 Å². The zero-order chi connectivity index (χ0) is 14.7. The van der Waals surface area contributed by atoms with Gasteiger partial charge in [-0.25, -0.2) is 4.79 Å². The number of hydrogen-bond donors (Lipinski definition) is 0. The Kier molecular flexibility index (Phi) is 3.91. The number of benzene rings is 2. The van der Waals surface area contributed by atoms with Crippen LogP contribution in [-0.2, 0) is 17.6 Å². The van der Waals surface area contributed by atoms with Gasteiger partial charge in [0.05, 0.1) is 12.7 Å². The lowest BCUT2D eigenvalue weighted by molar-refractivity contribution is 0.0239. The number of esters is 1. The number of ether oxygens (including phenoxy) is 2. The van der Waals surface area contributed by atoms with Gasteiger partial charge in [-0.3, -0.25) is 0 Å². The summed E-state index contributed by atoms with van der Waals surface area (Å²) in [6.45, 7) is 0. The summed E-state index contributed by atoms with van der Waals surface area (Å²) in [7, 11) is 1.66. The number of carbonyl (C=O) groups excluding carboxylic acids is 1. The molecule has 3 heteroatoms. The van der Waals surface area contributed by atoms with Crippen LogP contribution in [0, 0.1) is 0 Å². The zero-order valence-corrected chi connectivity index (χ0v) is 12.0. The maximum atomic E-state index is 12.0. The van der Waals surface area contributed by atoms with Crippen molar-refractivity contribution in [3.05, 3.63) is 65.2 Å². The normalized spacial score (nSPS) is 17.0. The van der Waals surface area contributed by atoms with Crippen molar-refractivity contribution in [2.24, 2.45) is 0 Å². The van der Waals surface area contributed by atoms with E-state index in [2.05, 4.69) is 12.1 Å². The lowest BCUT2D eigenvalue weighted by Gasteiger charge is -2.24. The molecule has 1 heterocycles. The average molecular weight is 282 g/mol. The van der Waals surface area contributed by atoms with Crippen molar-refractivity contribution in [1.29, 1.82) is 0 Å². The molecule has 0 bridgehead atoms. The van der Waals surface area contributed by atoms with Crippen LogP contribution in [0.25, 0.3) is 0 Å². The summed E-state index contributed by atoms with van der Waals surface area (Å²) in [5, 5.41) is 0. The molecule has 3 nitrogen and oxygen atoms in total. The third kappa shape index (κ3) is 3.07. The first-order valence-corrected chi connectivity index (χ1v) is 7.18. The van der Waals surface area contributed by atoms with Crippen LogP contribution < -0.4 is 4.74 Å². The van der Waals surface area contributed by atoms with Crippen molar-refractivity contribution >= 4 is 5.97 Å². The highest BCUT2D eigenvalue weighted by Gasteiger charge is 2.25. The molecule has 108 valence electrons. The number of fused-ring (bicyclic) bond motifs is 1. The fraction of sp³-hybridized carbons (Fsp3) is 0.278. The third-order valence-electron chi connectivity index (χ3n) is 3.87. The van der Waals surface area contributed by atoms with Gasteiger partial charge >= 0.3 is 5.97 Å². The topological polar surface area (TPSA) is 35.5 Å². The van der Waals surface area contributed by atoms with Crippen molar-refractivity contribution in [2.45, 2.75) is 25.4 Å². The van der Waals surface area contributed by atoms with E-state index in [1.807, 2.05) is 36.4 Å². The van der Waals surface area contributed by atoms with E-state index in [0.29, 0.717) is 5.56 Å². The minimum atomic E-state index is -0.198. The maximum absolute atomic E-state index is 12.0. The lowest BCUT2D eigenvalue weighted by atomic mass is 9.95. The maximum Gasteiger partial charge on any atom is 0.338 e. The summed E-state index contributed by atoms with van der Waals surface area (Å²) in [6, 6.07) is 15.7. The van der Waals surface area contributed by atoms with Crippen LogP contribution in [0.5, 0.6) is 5.75 Å². The number of hydrogen-bond acceptors (Lipinski definition) is 3. The predicted octanol–water partition coefficient (Wildman–Crippen LogP) is 3.41. The van der Waals surface area contributed by atoms with E-state index >= 15 is 0 Å². The van der Waals surface area contributed by atoms with Crippen LogP contribution >= 0.6 is 0 Å². The molecule has 0 radical (unpaired) electrons. The zero-order valence-electron chi connectivity index (χ0n) is 12.0. The van der Waals surface area contributed by atoms with Crippen molar-refractivity contribution in [3.63, 3.8) is 0 Å². The molecule has 1 atom stereocenters. The molecule has 2 aromatic rings. The SMILES string of the molecule is COc1ccc(CC[C@@H]2Cc3ccccc3C(=O)O2)cc1. The molecule has 0 unspecified atom stereocenters. The van der Waals surface area contributed by atoms with Gasteiger partial charge in [0.25, 0.3) is 0 Å². The van der Waals surface area contributed by atoms with E-state index in [-0.39, 0.29) is 12.1 Å². The minimum absolute atomic E-state index is 0.0329. The molecule has 0 amide bonds. The van der Waals surface area contributed by atoms with Crippen LogP contribution in [0.2, 0.25) is 0 Å². The van der Waals surface area contributed by atoms with Gasteiger partial charge < -0.3 is 9.47 Å². The highest BCUT2D eigenvalue weighted by atomic mass is 16.5. The molecule has 3 rings (SSSR count). The molecule has 0 N–H and O–H groups in total. The summed E-state index contributed by atoms with van der Waals surface area (Å²) in [6.07, 6.45) is 2.50. The number of methoxy groups -OCH3 is 1. The summed E-state index contributed by atoms with van der Waals surface area (Å²) < 4.78 is 10.7. The van der Waals surface area contributed by atoms with E-state index < -0.39 is 0 Å². The molecular formula is C18H18O3. The minimum Gasteiger partial charge on any atom is -0.497 e. The van der Waals surface area contributed by atoms with E-state index in [9.17, 15) is 4.79 Å². The molecule has 0 saturated carbocycles. The van der Waals surface area contributed by atoms with Gasteiger partial charge in [0, 0.05) is 6.42 Å². The molecule has 21 heavy (non-hydrogen) atoms. The monoisotopic (exact) mass is 282 g/mol. The van der Waals surface area contributed by atoms with Crippen molar-refractivity contribution in [3.8, 4) is 5.75 Å². The second-order valence-electron chi connectivity index (χ2n) is 5.28. The number of rotatable bonds is 4. The Balaban J connectivity index is 1.63. The standard InChI is InChI=1S/C18H18O3/c1-20-15-9-6-13(7-10-15)8-11-16-12-14-4-2-3-5-17(14)18(19)21-16/h2-7,9-10,16H,8,11-12H2,1H3/t16-/m1/s1. The first kappa shape index (κ1) is 13.7. The molecule has 2 aromatic carbocycles. The van der Waals surface area contributed by atoms with E-state index in [1.165, 1.54) is 5.56 Å². The number of aryl methyl sites for hydroxylation is 1. The van der Waals surface area contributed by atoms with E-state index in [1.54, 1.807) is 7.11 Å². The second kappa shape index (κ2) is 6.00. The van der Waals surface area contributed by atoms with Crippen LogP contribution in [-0.4, -0.2) is 19.2 Å². The van der Waals surface area contributed by atoms with E-state index in [0.717, 1.165) is 30.6 Å². The van der Waals surface area contributed by atoms with Crippen LogP contribution in [0.1, 0.15) is 27.9 Å². The molecular weight excluding hydrogens is 264 g/mol. The highest BCUT2D eigenvalue weighted by molar-refractivity contribution is 5.92. The Bertz CT molecular complexity index is 631. The summed E-state index contributed by atoms with van der Waals surface area (Å²) >= 11 is 0. The van der Waals surface area contributed by atoms with Crippen molar-refractivity contribution < 1.29 is 14.3 Å². The fourth-order valence-electron chi connectivity index (χ4n) is 2.68. The summed E-state index contributed by atoms with van der Waals surface area (Å²) in [4.78, 5) is 12.0. The van der Waals surface area contributed by atoms with Gasteiger partial charge in [-0.2, -0.15) is 0 Å². The summed E-state index contributed by atoms with van der Waals surface area (Å²) in [5.41, 5.74) is 3.03. The van der Waals surface area contributed by atoms with Crippen molar-refractivity contribution in [1.82, 2.24) is 0 Å². The Hall–Kier alpha value is -2.29. The lowest BCUT2D eigenvalue weighted by Crippen LogP contribution is -2.28. The van der Waals surface area contributed by atoms with Gasteiger partial charge in [-0.05, 0) is 42.2 Å². The molecule has 0 saturated heterocycles. The van der Waals surface area contributed by atoms with Gasteiger partial charge in [-0.1, -0.05) is 30.3 Å². The number of carbonyl (C=O) groups is 1. The van der Waals surface area contributed by atoms with Crippen molar-refractivity contribution in [2.75, 3.05) is 7.11 Å². The Morgan fingerprint density at radius 3 is 2.67 bits per heavy atom. The number of cyclic esters (lactones) is 1. The average Bonchev–Trinajstić information content (AvgIpc) is 2.53. The third-order valence-corrected chi connectivity index (χ3v) is 3.87. The van der Waals surface area contributed by atoms with Crippen LogP contribution in [0.4, 0.5) is 0 Å². The summed E-state index contributed by atoms with van der Waals surface area (Å²) in [5.74, 6) is 0.661. The molecule has 0 spiro atoms. The molecule has 0 aliphatic carbocycles. The Labute approximate surface area is 124 Å². The first-order chi connectivity index (χ1) is 10.3. The van der Waals surface area contributed by atoms with Gasteiger partial charge in [0.15, 0.2) is 0 Å². The predicted molar refractivity (Wildman–Crippen MR) is 80.7 cm³/mol. The van der Waals surface area contributed by atoms with Gasteiger partial charge in [0.2, 0.25) is 0 Å². The largest absolute Gasteiger partial charge is 0.497 e. The molecule has 1 aliphatic heterocycles. The highest BCUT2D eigenvalue weighted by Crippen LogP contribution is 2.23. The second-order valence-corrected chi connectivity index (χ2v) is 5.28. The Morgan fingerprint density at radius 2 is 1.90 bits per heavy atom. The Morgan fingerprint density at radius 1 is 1.14 bits per heavy atom.